The normalized spacial score (nSPS) is 21.3. The molecule has 0 fully saturated rings. The van der Waals surface area contributed by atoms with Crippen LogP contribution in [0.5, 0.6) is 11.5 Å². The highest BCUT2D eigenvalue weighted by molar-refractivity contribution is 7.16. The van der Waals surface area contributed by atoms with Gasteiger partial charge >= 0.3 is 0 Å². The van der Waals surface area contributed by atoms with Gasteiger partial charge in [-0.3, -0.25) is 4.79 Å². The van der Waals surface area contributed by atoms with Gasteiger partial charge in [0, 0.05) is 16.5 Å². The summed E-state index contributed by atoms with van der Waals surface area (Å²) in [5.74, 6) is 2.17. The van der Waals surface area contributed by atoms with Crippen molar-refractivity contribution in [2.24, 2.45) is 5.92 Å². The van der Waals surface area contributed by atoms with E-state index in [2.05, 4.69) is 17.6 Å². The molecule has 2 aliphatic rings. The second-order valence-corrected chi connectivity index (χ2v) is 7.99. The summed E-state index contributed by atoms with van der Waals surface area (Å²) in [6.45, 7) is 2.25. The van der Waals surface area contributed by atoms with Crippen molar-refractivity contribution in [2.75, 3.05) is 19.5 Å². The highest BCUT2D eigenvalue weighted by atomic mass is 32.1. The number of carbonyl (C=O) groups excluding carboxylic acids is 1. The topological polar surface area (TPSA) is 59.6 Å². The van der Waals surface area contributed by atoms with Crippen LogP contribution < -0.4 is 20.1 Å². The lowest BCUT2D eigenvalue weighted by atomic mass is 9.85. The molecule has 0 saturated heterocycles. The van der Waals surface area contributed by atoms with Gasteiger partial charge in [0.1, 0.15) is 22.7 Å². The van der Waals surface area contributed by atoms with E-state index in [-0.39, 0.29) is 12.1 Å². The third-order valence-corrected chi connectivity index (χ3v) is 6.66. The van der Waals surface area contributed by atoms with Crippen molar-refractivity contribution in [2.45, 2.75) is 38.8 Å². The SMILES string of the molecule is CCC1CCc2c(sc3c2C(=O)NC(c2ccc(OC)cc2OC)N3)C1. The molecule has 0 spiro atoms. The Morgan fingerprint density at radius 3 is 2.81 bits per heavy atom. The standard InChI is InChI=1S/C20H24N2O3S/c1-4-11-5-7-14-16(9-11)26-20-17(14)19(23)21-18(22-20)13-8-6-12(24-2)10-15(13)25-3/h6,8,10-11,18,22H,4-5,7,9H2,1-3H3,(H,21,23). The third-order valence-electron chi connectivity index (χ3n) is 5.47. The van der Waals surface area contributed by atoms with Crippen LogP contribution in [0, 0.1) is 5.92 Å². The quantitative estimate of drug-likeness (QED) is 0.847. The van der Waals surface area contributed by atoms with E-state index < -0.39 is 0 Å². The van der Waals surface area contributed by atoms with Crippen LogP contribution in [0.3, 0.4) is 0 Å². The minimum absolute atomic E-state index is 0.00840. The molecular weight excluding hydrogens is 348 g/mol. The number of hydrogen-bond donors (Lipinski definition) is 2. The summed E-state index contributed by atoms with van der Waals surface area (Å²) >= 11 is 1.74. The van der Waals surface area contributed by atoms with Crippen LogP contribution in [-0.2, 0) is 12.8 Å². The second kappa shape index (κ2) is 6.83. The highest BCUT2D eigenvalue weighted by Crippen LogP contribution is 2.44. The lowest BCUT2D eigenvalue weighted by Crippen LogP contribution is -2.38. The van der Waals surface area contributed by atoms with Crippen molar-refractivity contribution in [1.82, 2.24) is 5.32 Å². The average molecular weight is 372 g/mol. The van der Waals surface area contributed by atoms with Crippen LogP contribution in [0.2, 0.25) is 0 Å². The van der Waals surface area contributed by atoms with Gasteiger partial charge in [0.25, 0.3) is 5.91 Å². The molecule has 2 aromatic rings. The minimum Gasteiger partial charge on any atom is -0.497 e. The molecule has 2 unspecified atom stereocenters. The number of hydrogen-bond acceptors (Lipinski definition) is 5. The van der Waals surface area contributed by atoms with E-state index in [0.717, 1.165) is 40.6 Å². The molecular formula is C20H24N2O3S. The molecule has 0 bridgehead atoms. The highest BCUT2D eigenvalue weighted by Gasteiger charge is 2.34. The molecule has 138 valence electrons. The van der Waals surface area contributed by atoms with Crippen molar-refractivity contribution in [3.63, 3.8) is 0 Å². The second-order valence-electron chi connectivity index (χ2n) is 6.88. The van der Waals surface area contributed by atoms with Gasteiger partial charge in [0.15, 0.2) is 0 Å². The molecule has 1 amide bonds. The first-order valence-electron chi connectivity index (χ1n) is 9.08. The van der Waals surface area contributed by atoms with Gasteiger partial charge in [-0.2, -0.15) is 0 Å². The Labute approximate surface area is 157 Å². The van der Waals surface area contributed by atoms with E-state index in [9.17, 15) is 4.79 Å². The predicted octanol–water partition coefficient (Wildman–Crippen LogP) is 4.13. The van der Waals surface area contributed by atoms with Gasteiger partial charge in [0.05, 0.1) is 19.8 Å². The number of ether oxygens (including phenoxy) is 2. The third kappa shape index (κ3) is 2.82. The zero-order chi connectivity index (χ0) is 18.3. The van der Waals surface area contributed by atoms with Crippen LogP contribution in [-0.4, -0.2) is 20.1 Å². The van der Waals surface area contributed by atoms with E-state index >= 15 is 0 Å². The van der Waals surface area contributed by atoms with Gasteiger partial charge in [-0.25, -0.2) is 0 Å². The van der Waals surface area contributed by atoms with Crippen molar-refractivity contribution in [1.29, 1.82) is 0 Å². The molecule has 6 heteroatoms. The number of carbonyl (C=O) groups is 1. The molecule has 1 aliphatic heterocycles. The number of thiophene rings is 1. The maximum atomic E-state index is 12.9. The summed E-state index contributed by atoms with van der Waals surface area (Å²) in [4.78, 5) is 14.2. The number of rotatable bonds is 4. The van der Waals surface area contributed by atoms with Crippen molar-refractivity contribution in [3.8, 4) is 11.5 Å². The van der Waals surface area contributed by atoms with Gasteiger partial charge < -0.3 is 20.1 Å². The summed E-state index contributed by atoms with van der Waals surface area (Å²) in [6, 6.07) is 5.65. The fourth-order valence-electron chi connectivity index (χ4n) is 3.93. The molecule has 2 heterocycles. The van der Waals surface area contributed by atoms with Gasteiger partial charge in [-0.1, -0.05) is 13.3 Å². The maximum Gasteiger partial charge on any atom is 0.256 e. The summed E-state index contributed by atoms with van der Waals surface area (Å²) < 4.78 is 10.8. The molecule has 4 rings (SSSR count). The lowest BCUT2D eigenvalue weighted by molar-refractivity contribution is 0.0934. The minimum atomic E-state index is -0.307. The Balaban J connectivity index is 1.67. The van der Waals surface area contributed by atoms with E-state index in [1.807, 2.05) is 18.2 Å². The monoisotopic (exact) mass is 372 g/mol. The lowest BCUT2D eigenvalue weighted by Gasteiger charge is -2.28. The Kier molecular flexibility index (Phi) is 4.53. The number of amides is 1. The molecule has 2 atom stereocenters. The van der Waals surface area contributed by atoms with Crippen LogP contribution in [0.1, 0.15) is 52.3 Å². The zero-order valence-electron chi connectivity index (χ0n) is 15.3. The first kappa shape index (κ1) is 17.2. The Bertz CT molecular complexity index is 846. The number of benzene rings is 1. The number of methoxy groups -OCH3 is 2. The molecule has 26 heavy (non-hydrogen) atoms. The fourth-order valence-corrected chi connectivity index (χ4v) is 5.31. The van der Waals surface area contributed by atoms with Crippen LogP contribution >= 0.6 is 11.3 Å². The number of nitrogens with one attached hydrogen (secondary N) is 2. The van der Waals surface area contributed by atoms with Crippen LogP contribution in [0.4, 0.5) is 5.00 Å². The Morgan fingerprint density at radius 2 is 2.08 bits per heavy atom. The van der Waals surface area contributed by atoms with Crippen molar-refractivity contribution >= 4 is 22.2 Å². The zero-order valence-corrected chi connectivity index (χ0v) is 16.2. The molecule has 0 radical (unpaired) electrons. The van der Waals surface area contributed by atoms with E-state index in [1.165, 1.54) is 23.3 Å². The number of fused-ring (bicyclic) bond motifs is 3. The first-order valence-corrected chi connectivity index (χ1v) is 9.90. The fraction of sp³-hybridized carbons (Fsp3) is 0.450. The maximum absolute atomic E-state index is 12.9. The van der Waals surface area contributed by atoms with Crippen LogP contribution in [0.25, 0.3) is 0 Å². The van der Waals surface area contributed by atoms with Crippen molar-refractivity contribution < 1.29 is 14.3 Å². The summed E-state index contributed by atoms with van der Waals surface area (Å²) in [5.41, 5.74) is 2.99. The molecule has 0 saturated carbocycles. The Morgan fingerprint density at radius 1 is 1.23 bits per heavy atom. The molecule has 1 aromatic carbocycles. The summed E-state index contributed by atoms with van der Waals surface area (Å²) in [7, 11) is 3.25. The summed E-state index contributed by atoms with van der Waals surface area (Å²) in [5, 5.41) is 7.59. The Hall–Kier alpha value is -2.21. The van der Waals surface area contributed by atoms with Gasteiger partial charge in [-0.15, -0.1) is 11.3 Å². The van der Waals surface area contributed by atoms with Crippen LogP contribution in [0.15, 0.2) is 18.2 Å². The largest absolute Gasteiger partial charge is 0.497 e. The molecule has 2 N–H and O–H groups in total. The smallest absolute Gasteiger partial charge is 0.256 e. The summed E-state index contributed by atoms with van der Waals surface area (Å²) in [6.07, 6.45) is 4.17. The van der Waals surface area contributed by atoms with E-state index in [0.29, 0.717) is 5.75 Å². The first-order chi connectivity index (χ1) is 12.6. The number of anilines is 1. The van der Waals surface area contributed by atoms with Gasteiger partial charge in [-0.05, 0) is 42.9 Å². The van der Waals surface area contributed by atoms with E-state index in [1.54, 1.807) is 25.6 Å². The van der Waals surface area contributed by atoms with Gasteiger partial charge in [0.2, 0.25) is 0 Å². The predicted molar refractivity (Wildman–Crippen MR) is 104 cm³/mol. The van der Waals surface area contributed by atoms with Crippen molar-refractivity contribution in [3.05, 3.63) is 39.8 Å². The molecule has 1 aromatic heterocycles. The average Bonchev–Trinajstić information content (AvgIpc) is 3.05. The molecule has 5 nitrogen and oxygen atoms in total. The van der Waals surface area contributed by atoms with E-state index in [4.69, 9.17) is 9.47 Å². The molecule has 1 aliphatic carbocycles.